The molecule has 0 aliphatic carbocycles. The Kier molecular flexibility index (Phi) is 12.1. The van der Waals surface area contributed by atoms with Crippen molar-refractivity contribution in [2.75, 3.05) is 0 Å². The zero-order valence-electron chi connectivity index (χ0n) is 11.1. The fraction of sp³-hybridized carbons (Fsp3) is 0.933. The van der Waals surface area contributed by atoms with Gasteiger partial charge in [0.1, 0.15) is 0 Å². The molecule has 0 aliphatic heterocycles. The molecule has 0 N–H and O–H groups in total. The van der Waals surface area contributed by atoms with Gasteiger partial charge in [0.2, 0.25) is 0 Å². The third kappa shape index (κ3) is 10.3. The van der Waals surface area contributed by atoms with Crippen molar-refractivity contribution in [3.8, 4) is 0 Å². The minimum Gasteiger partial charge on any atom is -0.0654 e. The van der Waals surface area contributed by atoms with E-state index in [1.807, 2.05) is 0 Å². The standard InChI is InChI=1S/C15H31/c1-4-7-9-10-12-14-15(6-3)13-11-8-5-2/h15H,2,4-14H2,1,3H3. The van der Waals surface area contributed by atoms with Crippen molar-refractivity contribution in [1.82, 2.24) is 0 Å². The van der Waals surface area contributed by atoms with Crippen LogP contribution >= 0.6 is 0 Å². The second kappa shape index (κ2) is 12.1. The molecule has 0 bridgehead atoms. The fourth-order valence-electron chi connectivity index (χ4n) is 2.20. The summed E-state index contributed by atoms with van der Waals surface area (Å²) in [6.07, 6.45) is 15.3. The minimum atomic E-state index is 0.998. The van der Waals surface area contributed by atoms with Gasteiger partial charge in [0.05, 0.1) is 0 Å². The highest BCUT2D eigenvalue weighted by Gasteiger charge is 2.05. The van der Waals surface area contributed by atoms with Crippen LogP contribution in [0.25, 0.3) is 0 Å². The van der Waals surface area contributed by atoms with Crippen molar-refractivity contribution in [3.63, 3.8) is 0 Å². The first-order valence-electron chi connectivity index (χ1n) is 7.14. The van der Waals surface area contributed by atoms with Crippen LogP contribution in [0.4, 0.5) is 0 Å². The molecular formula is C15H31. The van der Waals surface area contributed by atoms with E-state index in [0.717, 1.165) is 12.3 Å². The molecule has 0 heteroatoms. The van der Waals surface area contributed by atoms with E-state index in [-0.39, 0.29) is 0 Å². The molecule has 0 aromatic rings. The van der Waals surface area contributed by atoms with Crippen molar-refractivity contribution in [2.45, 2.75) is 84.5 Å². The minimum absolute atomic E-state index is 0.998. The maximum atomic E-state index is 3.90. The Labute approximate surface area is 97.8 Å². The summed E-state index contributed by atoms with van der Waals surface area (Å²) in [5.41, 5.74) is 0. The Balaban J connectivity index is 3.28. The fourth-order valence-corrected chi connectivity index (χ4v) is 2.20. The Morgan fingerprint density at radius 3 is 1.93 bits per heavy atom. The lowest BCUT2D eigenvalue weighted by atomic mass is 9.92. The van der Waals surface area contributed by atoms with Crippen LogP contribution in [0.5, 0.6) is 0 Å². The first-order chi connectivity index (χ1) is 7.35. The van der Waals surface area contributed by atoms with Gasteiger partial charge in [0.25, 0.3) is 0 Å². The summed E-state index contributed by atoms with van der Waals surface area (Å²) in [6, 6.07) is 0. The molecule has 0 aromatic heterocycles. The summed E-state index contributed by atoms with van der Waals surface area (Å²) >= 11 is 0. The Hall–Kier alpha value is 0. The van der Waals surface area contributed by atoms with Crippen LogP contribution in [-0.4, -0.2) is 0 Å². The van der Waals surface area contributed by atoms with E-state index in [2.05, 4.69) is 20.8 Å². The van der Waals surface area contributed by atoms with Gasteiger partial charge < -0.3 is 0 Å². The maximum absolute atomic E-state index is 3.90. The lowest BCUT2D eigenvalue weighted by Crippen LogP contribution is -1.99. The smallest absolute Gasteiger partial charge is 0.0417 e. The predicted molar refractivity (Wildman–Crippen MR) is 71.0 cm³/mol. The highest BCUT2D eigenvalue weighted by molar-refractivity contribution is 4.59. The first-order valence-corrected chi connectivity index (χ1v) is 7.14. The SMILES string of the molecule is [CH2]CCCCC(CC)CCCCCCC. The van der Waals surface area contributed by atoms with Gasteiger partial charge in [-0.05, 0) is 5.92 Å². The Bertz CT molecular complexity index is 107. The van der Waals surface area contributed by atoms with Crippen LogP contribution in [-0.2, 0) is 0 Å². The molecule has 0 fully saturated rings. The molecule has 0 heterocycles. The monoisotopic (exact) mass is 211 g/mol. The van der Waals surface area contributed by atoms with Gasteiger partial charge in [-0.25, -0.2) is 0 Å². The van der Waals surface area contributed by atoms with Crippen LogP contribution < -0.4 is 0 Å². The molecule has 0 spiro atoms. The second-order valence-corrected chi connectivity index (χ2v) is 4.83. The van der Waals surface area contributed by atoms with E-state index in [0.29, 0.717) is 0 Å². The molecule has 0 nitrogen and oxygen atoms in total. The number of hydrogen-bond acceptors (Lipinski definition) is 0. The van der Waals surface area contributed by atoms with Gasteiger partial charge in [-0.3, -0.25) is 0 Å². The maximum Gasteiger partial charge on any atom is -0.0417 e. The molecule has 1 atom stereocenters. The van der Waals surface area contributed by atoms with Crippen LogP contribution in [0.1, 0.15) is 84.5 Å². The molecular weight excluding hydrogens is 180 g/mol. The van der Waals surface area contributed by atoms with E-state index in [1.165, 1.54) is 64.2 Å². The molecule has 0 saturated heterocycles. The van der Waals surface area contributed by atoms with Crippen molar-refractivity contribution in [2.24, 2.45) is 5.92 Å². The Morgan fingerprint density at radius 1 is 0.800 bits per heavy atom. The van der Waals surface area contributed by atoms with E-state index in [1.54, 1.807) is 0 Å². The average molecular weight is 211 g/mol. The summed E-state index contributed by atoms with van der Waals surface area (Å²) in [5.74, 6) is 0.998. The molecule has 0 aliphatic rings. The van der Waals surface area contributed by atoms with E-state index in [9.17, 15) is 0 Å². The molecule has 1 unspecified atom stereocenters. The Morgan fingerprint density at radius 2 is 1.40 bits per heavy atom. The van der Waals surface area contributed by atoms with Gasteiger partial charge in [0.15, 0.2) is 0 Å². The van der Waals surface area contributed by atoms with Gasteiger partial charge in [-0.15, -0.1) is 0 Å². The average Bonchev–Trinajstić information content (AvgIpc) is 2.26. The number of rotatable bonds is 11. The summed E-state index contributed by atoms with van der Waals surface area (Å²) < 4.78 is 0. The molecule has 0 amide bonds. The van der Waals surface area contributed by atoms with E-state index in [4.69, 9.17) is 0 Å². The second-order valence-electron chi connectivity index (χ2n) is 4.83. The van der Waals surface area contributed by atoms with E-state index >= 15 is 0 Å². The molecule has 91 valence electrons. The topological polar surface area (TPSA) is 0 Å². The highest BCUT2D eigenvalue weighted by atomic mass is 14.1. The van der Waals surface area contributed by atoms with Crippen molar-refractivity contribution < 1.29 is 0 Å². The summed E-state index contributed by atoms with van der Waals surface area (Å²) in [5, 5.41) is 0. The van der Waals surface area contributed by atoms with Crippen molar-refractivity contribution in [3.05, 3.63) is 6.92 Å². The summed E-state index contributed by atoms with van der Waals surface area (Å²) in [6.45, 7) is 8.54. The van der Waals surface area contributed by atoms with Crippen LogP contribution in [0.2, 0.25) is 0 Å². The lowest BCUT2D eigenvalue weighted by Gasteiger charge is -2.14. The number of unbranched alkanes of at least 4 members (excludes halogenated alkanes) is 6. The number of hydrogen-bond donors (Lipinski definition) is 0. The van der Waals surface area contributed by atoms with Gasteiger partial charge >= 0.3 is 0 Å². The molecule has 0 rings (SSSR count). The van der Waals surface area contributed by atoms with Crippen molar-refractivity contribution >= 4 is 0 Å². The van der Waals surface area contributed by atoms with Gasteiger partial charge in [0, 0.05) is 0 Å². The van der Waals surface area contributed by atoms with Gasteiger partial charge in [-0.1, -0.05) is 91.4 Å². The highest BCUT2D eigenvalue weighted by Crippen LogP contribution is 2.20. The van der Waals surface area contributed by atoms with Crippen LogP contribution in [0, 0.1) is 12.8 Å². The van der Waals surface area contributed by atoms with E-state index < -0.39 is 0 Å². The first kappa shape index (κ1) is 15.0. The summed E-state index contributed by atoms with van der Waals surface area (Å²) in [4.78, 5) is 0. The van der Waals surface area contributed by atoms with Crippen LogP contribution in [0.15, 0.2) is 0 Å². The zero-order chi connectivity index (χ0) is 11.4. The van der Waals surface area contributed by atoms with Crippen LogP contribution in [0.3, 0.4) is 0 Å². The molecule has 15 heavy (non-hydrogen) atoms. The summed E-state index contributed by atoms with van der Waals surface area (Å²) in [7, 11) is 0. The third-order valence-electron chi connectivity index (χ3n) is 3.41. The van der Waals surface area contributed by atoms with Crippen molar-refractivity contribution in [1.29, 1.82) is 0 Å². The zero-order valence-corrected chi connectivity index (χ0v) is 11.1. The van der Waals surface area contributed by atoms with Gasteiger partial charge in [-0.2, -0.15) is 0 Å². The predicted octanol–water partition coefficient (Wildman–Crippen LogP) is 5.77. The third-order valence-corrected chi connectivity index (χ3v) is 3.41. The molecule has 1 radical (unpaired) electrons. The molecule has 0 saturated carbocycles. The molecule has 0 aromatic carbocycles. The quantitative estimate of drug-likeness (QED) is 0.381. The largest absolute Gasteiger partial charge is 0.0654 e. The lowest BCUT2D eigenvalue weighted by molar-refractivity contribution is 0.398. The normalized spacial score (nSPS) is 13.0.